The average Bonchev–Trinajstić information content (AvgIpc) is 3.14. The van der Waals surface area contributed by atoms with Gasteiger partial charge in [0.1, 0.15) is 0 Å². The molecule has 12 heteroatoms. The number of imidazole rings is 1. The van der Waals surface area contributed by atoms with Crippen molar-refractivity contribution in [3.63, 3.8) is 0 Å². The molecule has 0 spiro atoms. The number of aromatic nitrogens is 2. The summed E-state index contributed by atoms with van der Waals surface area (Å²) in [6, 6.07) is 18.7. The molecular weight excluding hydrogens is 573 g/mol. The number of carboxylic acids is 1. The molecule has 0 unspecified atom stereocenters. The first-order valence-electron chi connectivity index (χ1n) is 10.8. The van der Waals surface area contributed by atoms with E-state index in [1.165, 1.54) is 33.4 Å². The number of nitrogens with zero attached hydrogens (tertiary/aromatic N) is 2. The Bertz CT molecular complexity index is 1560. The van der Waals surface area contributed by atoms with Gasteiger partial charge < -0.3 is 14.9 Å². The van der Waals surface area contributed by atoms with E-state index in [0.29, 0.717) is 16.8 Å². The standard InChI is InChI=1S/C25H20BrF2N2O6P/c26-21-12-17(8-11-20(21)25(27,28)37(34,35)36)14-30-22(18-4-2-1-3-5-18)15-29(24(30)33)13-16-6-9-19(10-7-16)23(31)32/h1-12,15H,13-14H2,(H,31,32)(H2,34,35,36). The normalized spacial score (nSPS) is 12.0. The van der Waals surface area contributed by atoms with E-state index in [4.69, 9.17) is 14.9 Å². The summed E-state index contributed by atoms with van der Waals surface area (Å²) in [4.78, 5) is 42.6. The molecule has 3 N–H and O–H groups in total. The molecule has 0 fully saturated rings. The summed E-state index contributed by atoms with van der Waals surface area (Å²) >= 11 is 2.98. The molecule has 3 aromatic carbocycles. The monoisotopic (exact) mass is 592 g/mol. The predicted molar refractivity (Wildman–Crippen MR) is 136 cm³/mol. The lowest BCUT2D eigenvalue weighted by Gasteiger charge is -2.19. The molecule has 8 nitrogen and oxygen atoms in total. The third kappa shape index (κ3) is 5.50. The Morgan fingerprint density at radius 1 is 0.946 bits per heavy atom. The van der Waals surface area contributed by atoms with Crippen LogP contribution in [0.15, 0.2) is 88.3 Å². The highest BCUT2D eigenvalue weighted by molar-refractivity contribution is 9.10. The Kier molecular flexibility index (Phi) is 7.34. The summed E-state index contributed by atoms with van der Waals surface area (Å²) in [7, 11) is -5.75. The van der Waals surface area contributed by atoms with Gasteiger partial charge in [-0.1, -0.05) is 70.5 Å². The maximum Gasteiger partial charge on any atom is 0.399 e. The van der Waals surface area contributed by atoms with Crippen LogP contribution in [0.25, 0.3) is 11.3 Å². The summed E-state index contributed by atoms with van der Waals surface area (Å²) in [5.74, 6) is -1.06. The van der Waals surface area contributed by atoms with Gasteiger partial charge in [-0.05, 0) is 34.9 Å². The van der Waals surface area contributed by atoms with Crippen molar-refractivity contribution in [2.45, 2.75) is 18.8 Å². The Morgan fingerprint density at radius 2 is 1.57 bits per heavy atom. The number of aromatic carboxylic acids is 1. The highest BCUT2D eigenvalue weighted by atomic mass is 79.9. The van der Waals surface area contributed by atoms with Gasteiger partial charge in [0.15, 0.2) is 0 Å². The molecule has 1 heterocycles. The van der Waals surface area contributed by atoms with Crippen LogP contribution in [-0.2, 0) is 23.3 Å². The molecule has 192 valence electrons. The van der Waals surface area contributed by atoms with E-state index in [0.717, 1.165) is 11.6 Å². The van der Waals surface area contributed by atoms with E-state index in [2.05, 4.69) is 15.9 Å². The molecule has 0 bridgehead atoms. The van der Waals surface area contributed by atoms with Gasteiger partial charge in [0.25, 0.3) is 0 Å². The second kappa shape index (κ2) is 10.2. The molecule has 37 heavy (non-hydrogen) atoms. The van der Waals surface area contributed by atoms with Gasteiger partial charge in [0.05, 0.1) is 24.3 Å². The van der Waals surface area contributed by atoms with Crippen molar-refractivity contribution in [3.05, 3.63) is 116 Å². The fourth-order valence-corrected chi connectivity index (χ4v) is 5.16. The summed E-state index contributed by atoms with van der Waals surface area (Å²) in [6.45, 7) is 0.164. The van der Waals surface area contributed by atoms with Gasteiger partial charge in [-0.2, -0.15) is 8.78 Å². The summed E-state index contributed by atoms with van der Waals surface area (Å²) in [6.07, 6.45) is 1.66. The summed E-state index contributed by atoms with van der Waals surface area (Å²) in [5, 5.41) is 9.09. The average molecular weight is 593 g/mol. The van der Waals surface area contributed by atoms with Gasteiger partial charge in [-0.25, -0.2) is 9.59 Å². The zero-order chi connectivity index (χ0) is 27.0. The topological polar surface area (TPSA) is 122 Å². The Morgan fingerprint density at radius 3 is 2.14 bits per heavy atom. The van der Waals surface area contributed by atoms with Gasteiger partial charge in [0.2, 0.25) is 0 Å². The highest BCUT2D eigenvalue weighted by Gasteiger charge is 2.51. The Hall–Kier alpha value is -3.37. The minimum Gasteiger partial charge on any atom is -0.478 e. The van der Waals surface area contributed by atoms with E-state index in [9.17, 15) is 22.9 Å². The quantitative estimate of drug-likeness (QED) is 0.245. The fourth-order valence-electron chi connectivity index (χ4n) is 3.83. The maximum absolute atomic E-state index is 14.2. The third-order valence-corrected chi connectivity index (χ3v) is 7.36. The van der Waals surface area contributed by atoms with Crippen LogP contribution in [0, 0.1) is 0 Å². The number of halogens is 3. The first-order valence-corrected chi connectivity index (χ1v) is 13.2. The molecule has 0 aliphatic heterocycles. The molecule has 0 amide bonds. The van der Waals surface area contributed by atoms with Crippen molar-refractivity contribution in [1.82, 2.24) is 9.13 Å². The zero-order valence-corrected chi connectivity index (χ0v) is 21.4. The van der Waals surface area contributed by atoms with Gasteiger partial charge >= 0.3 is 24.9 Å². The molecule has 1 aromatic heterocycles. The molecule has 4 aromatic rings. The summed E-state index contributed by atoms with van der Waals surface area (Å²) < 4.78 is 42.5. The number of carbonyl (C=O) groups is 1. The van der Waals surface area contributed by atoms with Crippen LogP contribution >= 0.6 is 23.5 Å². The van der Waals surface area contributed by atoms with Crippen LogP contribution in [0.5, 0.6) is 0 Å². The van der Waals surface area contributed by atoms with E-state index in [-0.39, 0.29) is 28.8 Å². The van der Waals surface area contributed by atoms with Gasteiger partial charge in [-0.15, -0.1) is 0 Å². The molecule has 4 rings (SSSR count). The lowest BCUT2D eigenvalue weighted by molar-refractivity contribution is 0.0557. The largest absolute Gasteiger partial charge is 0.478 e. The lowest BCUT2D eigenvalue weighted by Crippen LogP contribution is -2.25. The number of carboxylic acid groups (broad SMARTS) is 1. The van der Waals surface area contributed by atoms with E-state index in [1.807, 2.05) is 30.3 Å². The Balaban J connectivity index is 1.73. The van der Waals surface area contributed by atoms with E-state index in [1.54, 1.807) is 18.3 Å². The molecule has 0 aliphatic rings. The van der Waals surface area contributed by atoms with Crippen molar-refractivity contribution in [2.75, 3.05) is 0 Å². The number of alkyl halides is 2. The van der Waals surface area contributed by atoms with Crippen molar-refractivity contribution in [2.24, 2.45) is 0 Å². The zero-order valence-electron chi connectivity index (χ0n) is 19.0. The number of hydrogen-bond acceptors (Lipinski definition) is 3. The van der Waals surface area contributed by atoms with Crippen molar-refractivity contribution < 1.29 is 33.0 Å². The Labute approximate surface area is 217 Å². The molecule has 0 saturated carbocycles. The molecular formula is C25H20BrF2N2O6P. The van der Waals surface area contributed by atoms with E-state index >= 15 is 0 Å². The van der Waals surface area contributed by atoms with Crippen LogP contribution < -0.4 is 5.69 Å². The second-order valence-electron chi connectivity index (χ2n) is 8.28. The molecule has 0 radical (unpaired) electrons. The van der Waals surface area contributed by atoms with Gasteiger partial charge in [0, 0.05) is 16.2 Å². The van der Waals surface area contributed by atoms with Crippen LogP contribution in [0.2, 0.25) is 0 Å². The number of rotatable bonds is 8. The number of hydrogen-bond donors (Lipinski definition) is 3. The van der Waals surface area contributed by atoms with Crippen LogP contribution in [-0.4, -0.2) is 30.0 Å². The molecule has 0 atom stereocenters. The third-order valence-electron chi connectivity index (χ3n) is 5.73. The van der Waals surface area contributed by atoms with E-state index < -0.39 is 24.8 Å². The predicted octanol–water partition coefficient (Wildman–Crippen LogP) is 5.10. The summed E-state index contributed by atoms with van der Waals surface area (Å²) in [5.41, 5.74) is -3.05. The smallest absolute Gasteiger partial charge is 0.399 e. The second-order valence-corrected chi connectivity index (χ2v) is 10.8. The van der Waals surface area contributed by atoms with Crippen molar-refractivity contribution >= 4 is 29.5 Å². The van der Waals surface area contributed by atoms with Gasteiger partial charge in [-0.3, -0.25) is 13.7 Å². The SMILES string of the molecule is O=C(O)c1ccc(Cn2cc(-c3ccccc3)n(Cc3ccc(C(F)(F)P(=O)(O)O)c(Br)c3)c2=O)cc1. The van der Waals surface area contributed by atoms with Crippen molar-refractivity contribution in [1.29, 1.82) is 0 Å². The minimum atomic E-state index is -5.75. The number of benzene rings is 3. The minimum absolute atomic E-state index is 0.00558. The highest BCUT2D eigenvalue weighted by Crippen LogP contribution is 2.60. The van der Waals surface area contributed by atoms with Crippen LogP contribution in [0.3, 0.4) is 0 Å². The lowest BCUT2D eigenvalue weighted by atomic mass is 10.1. The molecule has 0 saturated heterocycles. The van der Waals surface area contributed by atoms with Crippen molar-refractivity contribution in [3.8, 4) is 11.3 Å². The van der Waals surface area contributed by atoms with Crippen LogP contribution in [0.4, 0.5) is 8.78 Å². The van der Waals surface area contributed by atoms with Crippen LogP contribution in [0.1, 0.15) is 27.0 Å². The first kappa shape index (κ1) is 26.7. The fraction of sp³-hybridized carbons (Fsp3) is 0.120. The maximum atomic E-state index is 14.2. The molecule has 0 aliphatic carbocycles. The first-order chi connectivity index (χ1) is 17.4.